The Labute approximate surface area is 77.0 Å². The van der Waals surface area contributed by atoms with E-state index in [0.29, 0.717) is 17.9 Å². The average Bonchev–Trinajstić information content (AvgIpc) is 2.16. The number of hydrogen-bond acceptors (Lipinski definition) is 4. The molecule has 1 aliphatic rings. The molecule has 0 bridgehead atoms. The zero-order valence-electron chi connectivity index (χ0n) is 7.74. The van der Waals surface area contributed by atoms with Crippen molar-refractivity contribution in [2.45, 2.75) is 6.42 Å². The van der Waals surface area contributed by atoms with Crippen LogP contribution in [0.25, 0.3) is 0 Å². The minimum atomic E-state index is -0.389. The molecule has 0 spiro atoms. The molecule has 0 fully saturated rings. The summed E-state index contributed by atoms with van der Waals surface area (Å²) in [5.74, 6) is -0.106. The highest BCUT2D eigenvalue weighted by Crippen LogP contribution is 2.24. The Hall–Kier alpha value is -1.45. The Morgan fingerprint density at radius 1 is 1.54 bits per heavy atom. The molecule has 0 radical (unpaired) electrons. The first-order valence-electron chi connectivity index (χ1n) is 3.97. The normalized spacial score (nSPS) is 21.5. The van der Waals surface area contributed by atoms with Gasteiger partial charge < -0.3 is 15.2 Å². The van der Waals surface area contributed by atoms with E-state index < -0.39 is 0 Å². The molecule has 4 heteroatoms. The van der Waals surface area contributed by atoms with Crippen molar-refractivity contribution in [3.05, 3.63) is 23.6 Å². The molecule has 4 nitrogen and oxygen atoms in total. The first kappa shape index (κ1) is 9.64. The van der Waals surface area contributed by atoms with Gasteiger partial charge in [-0.3, -0.25) is 4.79 Å². The highest BCUT2D eigenvalue weighted by Gasteiger charge is 2.27. The molecule has 0 aromatic carbocycles. The predicted molar refractivity (Wildman–Crippen MR) is 47.5 cm³/mol. The SMILES string of the molecule is COC(=O)C1CC(N)=CC=C1OC. The minimum absolute atomic E-state index is 0.316. The van der Waals surface area contributed by atoms with Crippen LogP contribution in [0.2, 0.25) is 0 Å². The van der Waals surface area contributed by atoms with E-state index in [0.717, 1.165) is 0 Å². The van der Waals surface area contributed by atoms with Gasteiger partial charge in [-0.25, -0.2) is 0 Å². The molecule has 1 atom stereocenters. The fraction of sp³-hybridized carbons (Fsp3) is 0.444. The van der Waals surface area contributed by atoms with E-state index in [1.165, 1.54) is 14.2 Å². The summed E-state index contributed by atoms with van der Waals surface area (Å²) in [5.41, 5.74) is 6.25. The van der Waals surface area contributed by atoms with Gasteiger partial charge in [0.15, 0.2) is 0 Å². The summed E-state index contributed by atoms with van der Waals surface area (Å²) in [5, 5.41) is 0. The van der Waals surface area contributed by atoms with Crippen LogP contribution in [0, 0.1) is 5.92 Å². The summed E-state index contributed by atoms with van der Waals surface area (Å²) in [6.45, 7) is 0. The molecule has 72 valence electrons. The van der Waals surface area contributed by atoms with E-state index in [1.54, 1.807) is 12.2 Å². The number of carbonyl (C=O) groups is 1. The lowest BCUT2D eigenvalue weighted by atomic mass is 9.96. The van der Waals surface area contributed by atoms with Crippen molar-refractivity contribution < 1.29 is 14.3 Å². The Morgan fingerprint density at radius 3 is 2.77 bits per heavy atom. The van der Waals surface area contributed by atoms with Gasteiger partial charge in [-0.2, -0.15) is 0 Å². The number of esters is 1. The van der Waals surface area contributed by atoms with Crippen molar-refractivity contribution >= 4 is 5.97 Å². The molecular weight excluding hydrogens is 170 g/mol. The zero-order valence-corrected chi connectivity index (χ0v) is 7.74. The topological polar surface area (TPSA) is 61.5 Å². The van der Waals surface area contributed by atoms with E-state index in [1.807, 2.05) is 0 Å². The predicted octanol–water partition coefficient (Wildman–Crippen LogP) is 0.552. The summed E-state index contributed by atoms with van der Waals surface area (Å²) >= 11 is 0. The molecule has 1 aliphatic carbocycles. The third kappa shape index (κ3) is 2.02. The van der Waals surface area contributed by atoms with Crippen molar-refractivity contribution in [2.75, 3.05) is 14.2 Å². The fourth-order valence-corrected chi connectivity index (χ4v) is 1.26. The van der Waals surface area contributed by atoms with E-state index in [4.69, 9.17) is 10.5 Å². The molecule has 13 heavy (non-hydrogen) atoms. The zero-order chi connectivity index (χ0) is 9.84. The summed E-state index contributed by atoms with van der Waals surface area (Å²) in [4.78, 5) is 11.3. The third-order valence-corrected chi connectivity index (χ3v) is 1.97. The van der Waals surface area contributed by atoms with Crippen molar-refractivity contribution in [3.63, 3.8) is 0 Å². The highest BCUT2D eigenvalue weighted by molar-refractivity contribution is 5.76. The number of nitrogens with two attached hydrogens (primary N) is 1. The second-order valence-corrected chi connectivity index (χ2v) is 2.79. The molecule has 0 saturated carbocycles. The smallest absolute Gasteiger partial charge is 0.316 e. The molecule has 0 heterocycles. The van der Waals surface area contributed by atoms with Gasteiger partial charge in [0.2, 0.25) is 0 Å². The van der Waals surface area contributed by atoms with Crippen LogP contribution in [-0.4, -0.2) is 20.2 Å². The van der Waals surface area contributed by atoms with Gasteiger partial charge in [0, 0.05) is 12.1 Å². The first-order chi connectivity index (χ1) is 6.19. The molecule has 0 saturated heterocycles. The highest BCUT2D eigenvalue weighted by atomic mass is 16.5. The van der Waals surface area contributed by atoms with Crippen LogP contribution in [-0.2, 0) is 14.3 Å². The molecule has 0 amide bonds. The second-order valence-electron chi connectivity index (χ2n) is 2.79. The van der Waals surface area contributed by atoms with E-state index in [-0.39, 0.29) is 11.9 Å². The lowest BCUT2D eigenvalue weighted by Gasteiger charge is -2.19. The second kappa shape index (κ2) is 3.98. The lowest BCUT2D eigenvalue weighted by Crippen LogP contribution is -2.23. The molecule has 0 aliphatic heterocycles. The van der Waals surface area contributed by atoms with Gasteiger partial charge in [0.1, 0.15) is 11.7 Å². The van der Waals surface area contributed by atoms with Crippen LogP contribution in [0.1, 0.15) is 6.42 Å². The molecule has 0 aromatic rings. The van der Waals surface area contributed by atoms with Gasteiger partial charge in [-0.15, -0.1) is 0 Å². The summed E-state index contributed by atoms with van der Waals surface area (Å²) in [6, 6.07) is 0. The monoisotopic (exact) mass is 183 g/mol. The minimum Gasteiger partial charge on any atom is -0.500 e. The number of methoxy groups -OCH3 is 2. The molecule has 1 rings (SSSR count). The number of allylic oxidation sites excluding steroid dienone is 3. The van der Waals surface area contributed by atoms with Crippen LogP contribution >= 0.6 is 0 Å². The van der Waals surface area contributed by atoms with Gasteiger partial charge in [0.05, 0.1) is 14.2 Å². The number of ether oxygens (including phenoxy) is 2. The number of rotatable bonds is 2. The van der Waals surface area contributed by atoms with Crippen molar-refractivity contribution in [1.82, 2.24) is 0 Å². The molecule has 0 aromatic heterocycles. The maximum atomic E-state index is 11.3. The van der Waals surface area contributed by atoms with Gasteiger partial charge in [-0.1, -0.05) is 0 Å². The van der Waals surface area contributed by atoms with Crippen LogP contribution in [0.3, 0.4) is 0 Å². The van der Waals surface area contributed by atoms with Crippen molar-refractivity contribution in [1.29, 1.82) is 0 Å². The number of hydrogen-bond donors (Lipinski definition) is 1. The number of carbonyl (C=O) groups excluding carboxylic acids is 1. The molecular formula is C9H13NO3. The van der Waals surface area contributed by atoms with Gasteiger partial charge >= 0.3 is 5.97 Å². The average molecular weight is 183 g/mol. The lowest BCUT2D eigenvalue weighted by molar-refractivity contribution is -0.145. The van der Waals surface area contributed by atoms with Gasteiger partial charge in [-0.05, 0) is 12.2 Å². The summed E-state index contributed by atoms with van der Waals surface area (Å²) in [7, 11) is 2.88. The standard InChI is InChI=1S/C9H13NO3/c1-12-8-4-3-6(10)5-7(8)9(11)13-2/h3-4,7H,5,10H2,1-2H3. The maximum absolute atomic E-state index is 11.3. The third-order valence-electron chi connectivity index (χ3n) is 1.97. The van der Waals surface area contributed by atoms with Crippen LogP contribution in [0.5, 0.6) is 0 Å². The van der Waals surface area contributed by atoms with Crippen molar-refractivity contribution in [3.8, 4) is 0 Å². The Morgan fingerprint density at radius 2 is 2.23 bits per heavy atom. The van der Waals surface area contributed by atoms with E-state index in [9.17, 15) is 4.79 Å². The van der Waals surface area contributed by atoms with Crippen molar-refractivity contribution in [2.24, 2.45) is 11.7 Å². The summed E-state index contributed by atoms with van der Waals surface area (Å²) in [6.07, 6.45) is 3.89. The van der Waals surface area contributed by atoms with E-state index >= 15 is 0 Å². The Kier molecular flexibility index (Phi) is 2.95. The Balaban J connectivity index is 2.81. The fourth-order valence-electron chi connectivity index (χ4n) is 1.26. The van der Waals surface area contributed by atoms with Crippen LogP contribution in [0.15, 0.2) is 23.6 Å². The van der Waals surface area contributed by atoms with Crippen LogP contribution < -0.4 is 5.73 Å². The summed E-state index contributed by atoms with van der Waals surface area (Å²) < 4.78 is 9.66. The van der Waals surface area contributed by atoms with Crippen LogP contribution in [0.4, 0.5) is 0 Å². The molecule has 1 unspecified atom stereocenters. The largest absolute Gasteiger partial charge is 0.500 e. The molecule has 2 N–H and O–H groups in total. The quantitative estimate of drug-likeness (QED) is 0.635. The first-order valence-corrected chi connectivity index (χ1v) is 3.97. The Bertz CT molecular complexity index is 268. The van der Waals surface area contributed by atoms with Gasteiger partial charge in [0.25, 0.3) is 0 Å². The maximum Gasteiger partial charge on any atom is 0.316 e. The van der Waals surface area contributed by atoms with E-state index in [2.05, 4.69) is 4.74 Å².